The van der Waals surface area contributed by atoms with Crippen molar-refractivity contribution < 1.29 is 28.9 Å². The molecule has 0 bridgehead atoms. The number of phenolic OH excluding ortho intramolecular Hbond substituents is 1. The molecule has 0 unspecified atom stereocenters. The van der Waals surface area contributed by atoms with Gasteiger partial charge in [-0.3, -0.25) is 0 Å². The third kappa shape index (κ3) is 3.35. The number of phenols is 1. The summed E-state index contributed by atoms with van der Waals surface area (Å²) < 4.78 is 14.6. The van der Waals surface area contributed by atoms with E-state index in [1.165, 1.54) is 56.7 Å². The largest absolute Gasteiger partial charge is 0.507 e. The van der Waals surface area contributed by atoms with Crippen molar-refractivity contribution in [3.05, 3.63) is 53.6 Å². The van der Waals surface area contributed by atoms with Crippen LogP contribution in [0, 0.1) is 0 Å². The van der Waals surface area contributed by atoms with E-state index < -0.39 is 11.9 Å². The van der Waals surface area contributed by atoms with Crippen molar-refractivity contribution in [3.8, 4) is 17.2 Å². The summed E-state index contributed by atoms with van der Waals surface area (Å²) in [5, 5.41) is 9.78. The smallest absolute Gasteiger partial charge is 0.347 e. The highest BCUT2D eigenvalue weighted by molar-refractivity contribution is 5.94. The van der Waals surface area contributed by atoms with Crippen LogP contribution in [0.5, 0.6) is 17.2 Å². The van der Waals surface area contributed by atoms with Crippen LogP contribution in [-0.4, -0.2) is 31.3 Å². The van der Waals surface area contributed by atoms with Crippen LogP contribution in [0.3, 0.4) is 0 Å². The summed E-state index contributed by atoms with van der Waals surface area (Å²) in [4.78, 5) is 23.3. The molecule has 0 spiro atoms. The maximum Gasteiger partial charge on any atom is 0.347 e. The number of methoxy groups -OCH3 is 2. The topological polar surface area (TPSA) is 82.1 Å². The van der Waals surface area contributed by atoms with Crippen molar-refractivity contribution in [2.24, 2.45) is 0 Å². The molecule has 0 aliphatic carbocycles. The van der Waals surface area contributed by atoms with Gasteiger partial charge in [0.05, 0.1) is 19.8 Å². The van der Waals surface area contributed by atoms with E-state index in [2.05, 4.69) is 4.74 Å². The van der Waals surface area contributed by atoms with E-state index in [1.54, 1.807) is 0 Å². The quantitative estimate of drug-likeness (QED) is 0.690. The Bertz CT molecular complexity index is 690. The number of hydrogen-bond acceptors (Lipinski definition) is 6. The minimum atomic E-state index is -0.717. The van der Waals surface area contributed by atoms with Crippen molar-refractivity contribution in [2.75, 3.05) is 14.2 Å². The number of ether oxygens (including phenoxy) is 3. The first-order valence-corrected chi connectivity index (χ1v) is 6.32. The Kier molecular flexibility index (Phi) is 4.63. The number of aromatic hydroxyl groups is 1. The lowest BCUT2D eigenvalue weighted by Crippen LogP contribution is -2.09. The zero-order chi connectivity index (χ0) is 16.1. The van der Waals surface area contributed by atoms with Gasteiger partial charge in [-0.05, 0) is 36.4 Å². The summed E-state index contributed by atoms with van der Waals surface area (Å²) in [5.74, 6) is -0.767. The lowest BCUT2D eigenvalue weighted by molar-refractivity contribution is 0.0600. The van der Waals surface area contributed by atoms with Gasteiger partial charge in [-0.2, -0.15) is 0 Å². The second-order valence-corrected chi connectivity index (χ2v) is 4.29. The first kappa shape index (κ1) is 15.4. The highest BCUT2D eigenvalue weighted by Gasteiger charge is 2.15. The Morgan fingerprint density at radius 1 is 0.909 bits per heavy atom. The van der Waals surface area contributed by atoms with Crippen LogP contribution in [0.25, 0.3) is 0 Å². The predicted molar refractivity (Wildman–Crippen MR) is 77.4 cm³/mol. The molecule has 2 aromatic rings. The van der Waals surface area contributed by atoms with Gasteiger partial charge in [0, 0.05) is 6.07 Å². The Morgan fingerprint density at radius 3 is 2.09 bits per heavy atom. The normalized spacial score (nSPS) is 9.91. The fourth-order valence-electron chi connectivity index (χ4n) is 1.75. The number of carbonyl (C=O) groups is 2. The van der Waals surface area contributed by atoms with E-state index in [1.807, 2.05) is 0 Å². The van der Waals surface area contributed by atoms with Crippen LogP contribution in [0.15, 0.2) is 42.5 Å². The number of hydrogen-bond donors (Lipinski definition) is 1. The molecule has 6 heteroatoms. The lowest BCUT2D eigenvalue weighted by atomic mass is 10.2. The Morgan fingerprint density at radius 2 is 1.55 bits per heavy atom. The Balaban J connectivity index is 2.13. The van der Waals surface area contributed by atoms with Gasteiger partial charge in [-0.25, -0.2) is 9.59 Å². The molecule has 0 saturated carbocycles. The molecule has 0 aliphatic heterocycles. The molecule has 2 aromatic carbocycles. The third-order valence-electron chi connectivity index (χ3n) is 2.91. The zero-order valence-corrected chi connectivity index (χ0v) is 12.0. The van der Waals surface area contributed by atoms with Gasteiger partial charge in [0.25, 0.3) is 0 Å². The molecule has 0 fully saturated rings. The Labute approximate surface area is 126 Å². The van der Waals surface area contributed by atoms with E-state index in [-0.39, 0.29) is 17.1 Å². The van der Waals surface area contributed by atoms with E-state index in [9.17, 15) is 14.7 Å². The number of carbonyl (C=O) groups excluding carboxylic acids is 2. The monoisotopic (exact) mass is 302 g/mol. The maximum atomic E-state index is 12.0. The second-order valence-electron chi connectivity index (χ2n) is 4.29. The molecular weight excluding hydrogens is 288 g/mol. The predicted octanol–water partition coefficient (Wildman–Crippen LogP) is 2.41. The number of rotatable bonds is 4. The third-order valence-corrected chi connectivity index (χ3v) is 2.91. The highest BCUT2D eigenvalue weighted by Crippen LogP contribution is 2.25. The summed E-state index contributed by atoms with van der Waals surface area (Å²) in [6.07, 6.45) is 0. The Hall–Kier alpha value is -3.02. The molecule has 114 valence electrons. The van der Waals surface area contributed by atoms with Crippen molar-refractivity contribution in [1.82, 2.24) is 0 Å². The summed E-state index contributed by atoms with van der Waals surface area (Å²) in [6.45, 7) is 0. The zero-order valence-electron chi connectivity index (χ0n) is 12.0. The van der Waals surface area contributed by atoms with Crippen molar-refractivity contribution in [2.45, 2.75) is 0 Å². The standard InChI is InChI=1S/C16H14O6/c1-20-12-7-8-13(14(17)9-12)16(19)22-11-5-3-10(4-6-11)15(18)21-2/h3-9,17H,1-2H3. The van der Waals surface area contributed by atoms with Crippen LogP contribution < -0.4 is 9.47 Å². The number of benzene rings is 2. The minimum absolute atomic E-state index is 0.0119. The molecular formula is C16H14O6. The summed E-state index contributed by atoms with van der Waals surface area (Å²) >= 11 is 0. The molecule has 1 N–H and O–H groups in total. The van der Waals surface area contributed by atoms with Gasteiger partial charge in [-0.15, -0.1) is 0 Å². The average Bonchev–Trinajstić information content (AvgIpc) is 2.54. The van der Waals surface area contributed by atoms with E-state index in [0.717, 1.165) is 0 Å². The van der Waals surface area contributed by atoms with Crippen molar-refractivity contribution >= 4 is 11.9 Å². The maximum absolute atomic E-state index is 12.0. The van der Waals surface area contributed by atoms with E-state index in [0.29, 0.717) is 11.3 Å². The summed E-state index contributed by atoms with van der Waals surface area (Å²) in [7, 11) is 2.73. The minimum Gasteiger partial charge on any atom is -0.507 e. The second kappa shape index (κ2) is 6.62. The van der Waals surface area contributed by atoms with Gasteiger partial charge in [-0.1, -0.05) is 0 Å². The van der Waals surface area contributed by atoms with Crippen LogP contribution >= 0.6 is 0 Å². The van der Waals surface area contributed by atoms with Gasteiger partial charge < -0.3 is 19.3 Å². The molecule has 0 aliphatic rings. The van der Waals surface area contributed by atoms with E-state index >= 15 is 0 Å². The highest BCUT2D eigenvalue weighted by atomic mass is 16.5. The lowest BCUT2D eigenvalue weighted by Gasteiger charge is -2.07. The average molecular weight is 302 g/mol. The first-order chi connectivity index (χ1) is 10.5. The molecule has 2 rings (SSSR count). The van der Waals surface area contributed by atoms with Crippen LogP contribution in [0.4, 0.5) is 0 Å². The summed E-state index contributed by atoms with van der Waals surface area (Å²) in [5.41, 5.74) is 0.354. The van der Waals surface area contributed by atoms with Crippen LogP contribution in [0.2, 0.25) is 0 Å². The molecule has 22 heavy (non-hydrogen) atoms. The fourth-order valence-corrected chi connectivity index (χ4v) is 1.75. The molecule has 0 saturated heterocycles. The van der Waals surface area contributed by atoms with Crippen LogP contribution in [0.1, 0.15) is 20.7 Å². The van der Waals surface area contributed by atoms with Crippen molar-refractivity contribution in [1.29, 1.82) is 0 Å². The molecule has 0 atom stereocenters. The van der Waals surface area contributed by atoms with Crippen LogP contribution in [-0.2, 0) is 4.74 Å². The molecule has 6 nitrogen and oxygen atoms in total. The van der Waals surface area contributed by atoms with Crippen molar-refractivity contribution in [3.63, 3.8) is 0 Å². The van der Waals surface area contributed by atoms with Gasteiger partial charge in [0.15, 0.2) is 0 Å². The molecule has 0 radical (unpaired) electrons. The molecule has 0 heterocycles. The first-order valence-electron chi connectivity index (χ1n) is 6.32. The van der Waals surface area contributed by atoms with Gasteiger partial charge >= 0.3 is 11.9 Å². The molecule has 0 aromatic heterocycles. The fraction of sp³-hybridized carbons (Fsp3) is 0.125. The van der Waals surface area contributed by atoms with Gasteiger partial charge in [0.2, 0.25) is 0 Å². The molecule has 0 amide bonds. The van der Waals surface area contributed by atoms with E-state index in [4.69, 9.17) is 9.47 Å². The van der Waals surface area contributed by atoms with Gasteiger partial charge in [0.1, 0.15) is 22.8 Å². The SMILES string of the molecule is COC(=O)c1ccc(OC(=O)c2ccc(OC)cc2O)cc1. The number of esters is 2. The summed E-state index contributed by atoms with van der Waals surface area (Å²) in [6, 6.07) is 10.1.